The lowest BCUT2D eigenvalue weighted by Crippen LogP contribution is -2.45. The lowest BCUT2D eigenvalue weighted by atomic mass is 10.1. The van der Waals surface area contributed by atoms with Crippen molar-refractivity contribution in [1.29, 1.82) is 0 Å². The van der Waals surface area contributed by atoms with Gasteiger partial charge in [0.15, 0.2) is 0 Å². The van der Waals surface area contributed by atoms with E-state index in [9.17, 15) is 14.0 Å². The van der Waals surface area contributed by atoms with Crippen molar-refractivity contribution in [2.24, 2.45) is 0 Å². The number of benzene rings is 1. The second kappa shape index (κ2) is 9.61. The van der Waals surface area contributed by atoms with E-state index in [1.807, 2.05) is 24.3 Å². The zero-order chi connectivity index (χ0) is 23.7. The molecule has 176 valence electrons. The lowest BCUT2D eigenvalue weighted by molar-refractivity contribution is 0.0529. The number of carbonyl (C=O) groups is 1. The largest absolute Gasteiger partial charge is 0.462 e. The van der Waals surface area contributed by atoms with Crippen LogP contribution in [0.5, 0.6) is 0 Å². The summed E-state index contributed by atoms with van der Waals surface area (Å²) in [5.74, 6) is -0.711. The quantitative estimate of drug-likeness (QED) is 0.393. The van der Waals surface area contributed by atoms with Gasteiger partial charge in [-0.25, -0.2) is 14.2 Å². The predicted octanol–water partition coefficient (Wildman–Crippen LogP) is 3.54. The lowest BCUT2D eigenvalue weighted by Gasteiger charge is -2.34. The van der Waals surface area contributed by atoms with Gasteiger partial charge in [0.1, 0.15) is 16.3 Å². The Morgan fingerprint density at radius 2 is 1.85 bits per heavy atom. The summed E-state index contributed by atoms with van der Waals surface area (Å²) in [7, 11) is 0. The number of esters is 1. The van der Waals surface area contributed by atoms with Gasteiger partial charge >= 0.3 is 5.97 Å². The highest BCUT2D eigenvalue weighted by atomic mass is 32.1. The number of rotatable bonds is 6. The van der Waals surface area contributed by atoms with Crippen molar-refractivity contribution in [3.8, 4) is 0 Å². The highest BCUT2D eigenvalue weighted by Gasteiger charge is 2.25. The topological polar surface area (TPSA) is 67.2 Å². The molecule has 0 spiro atoms. The Hall–Kier alpha value is -3.14. The van der Waals surface area contributed by atoms with Crippen molar-refractivity contribution in [3.63, 3.8) is 0 Å². The molecule has 1 fully saturated rings. The van der Waals surface area contributed by atoms with Gasteiger partial charge in [0.2, 0.25) is 0 Å². The number of halogens is 1. The van der Waals surface area contributed by atoms with Crippen LogP contribution in [0.15, 0.2) is 53.5 Å². The molecule has 1 aliphatic heterocycles. The molecule has 0 bridgehead atoms. The fourth-order valence-corrected chi connectivity index (χ4v) is 5.54. The van der Waals surface area contributed by atoms with Crippen LogP contribution in [0.25, 0.3) is 15.7 Å². The zero-order valence-electron chi connectivity index (χ0n) is 18.9. The minimum absolute atomic E-state index is 0.0860. The van der Waals surface area contributed by atoms with Crippen LogP contribution in [0.2, 0.25) is 0 Å². The molecule has 0 atom stereocenters. The first kappa shape index (κ1) is 22.6. The van der Waals surface area contributed by atoms with E-state index >= 15 is 0 Å². The van der Waals surface area contributed by atoms with Crippen LogP contribution in [0.3, 0.4) is 0 Å². The number of nitrogens with zero attached hydrogens (tertiary/aromatic N) is 4. The summed E-state index contributed by atoms with van der Waals surface area (Å²) in [6.07, 6.45) is 1.72. The third-order valence-corrected chi connectivity index (χ3v) is 7.26. The molecule has 0 saturated carbocycles. The molecular formula is C25H25FN4O3S. The van der Waals surface area contributed by atoms with Crippen LogP contribution in [-0.4, -0.2) is 57.9 Å². The fourth-order valence-electron chi connectivity index (χ4n) is 4.42. The van der Waals surface area contributed by atoms with Gasteiger partial charge in [-0.1, -0.05) is 12.1 Å². The molecule has 0 aliphatic carbocycles. The Bertz CT molecular complexity index is 1410. The highest BCUT2D eigenvalue weighted by Crippen LogP contribution is 2.35. The minimum atomic E-state index is -0.398. The number of pyridine rings is 1. The van der Waals surface area contributed by atoms with Crippen molar-refractivity contribution in [2.75, 3.05) is 32.8 Å². The molecule has 9 heteroatoms. The number of ether oxygens (including phenoxy) is 1. The molecule has 0 radical (unpaired) electrons. The summed E-state index contributed by atoms with van der Waals surface area (Å²) < 4.78 is 22.2. The van der Waals surface area contributed by atoms with Crippen LogP contribution < -0.4 is 5.56 Å². The fraction of sp³-hybridized carbons (Fsp3) is 0.320. The molecule has 0 unspecified atom stereocenters. The van der Waals surface area contributed by atoms with Crippen LogP contribution >= 0.6 is 11.3 Å². The SMILES string of the molecule is CCOC(=O)c1sc2cccc(F)c2c1CN1CCN(Cc2cc(=O)n3ccccc3n2)CC1. The normalized spacial score (nSPS) is 15.2. The number of carbonyl (C=O) groups excluding carboxylic acids is 1. The molecule has 1 aromatic carbocycles. The van der Waals surface area contributed by atoms with E-state index < -0.39 is 5.97 Å². The first-order valence-electron chi connectivity index (χ1n) is 11.3. The van der Waals surface area contributed by atoms with Gasteiger partial charge < -0.3 is 4.74 Å². The standard InChI is InChI=1S/C25H25FN4O3S/c1-2-33-25(32)24-18(23-19(26)6-5-7-20(23)34-24)16-29-12-10-28(11-13-29)15-17-14-22(31)30-9-4-3-8-21(30)27-17/h3-9,14H,2,10-13,15-16H2,1H3. The molecule has 0 N–H and O–H groups in total. The molecule has 4 aromatic rings. The number of aromatic nitrogens is 2. The molecular weight excluding hydrogens is 455 g/mol. The smallest absolute Gasteiger partial charge is 0.348 e. The molecule has 1 saturated heterocycles. The minimum Gasteiger partial charge on any atom is -0.462 e. The number of thiophene rings is 1. The Balaban J connectivity index is 1.30. The predicted molar refractivity (Wildman–Crippen MR) is 130 cm³/mol. The van der Waals surface area contributed by atoms with Crippen molar-refractivity contribution >= 4 is 33.0 Å². The summed E-state index contributed by atoms with van der Waals surface area (Å²) in [5, 5.41) is 0.513. The summed E-state index contributed by atoms with van der Waals surface area (Å²) in [5.41, 5.74) is 2.01. The third-order valence-electron chi connectivity index (χ3n) is 6.08. The Labute approximate surface area is 200 Å². The molecule has 4 heterocycles. The van der Waals surface area contributed by atoms with Gasteiger partial charge in [0, 0.05) is 67.2 Å². The zero-order valence-corrected chi connectivity index (χ0v) is 19.7. The van der Waals surface area contributed by atoms with Crippen molar-refractivity contribution in [2.45, 2.75) is 20.0 Å². The van der Waals surface area contributed by atoms with Crippen LogP contribution in [0.1, 0.15) is 27.9 Å². The monoisotopic (exact) mass is 480 g/mol. The Morgan fingerprint density at radius 3 is 2.62 bits per heavy atom. The molecule has 7 nitrogen and oxygen atoms in total. The average Bonchev–Trinajstić information content (AvgIpc) is 3.20. The van der Waals surface area contributed by atoms with Crippen LogP contribution in [-0.2, 0) is 17.8 Å². The van der Waals surface area contributed by atoms with Gasteiger partial charge in [-0.3, -0.25) is 19.0 Å². The maximum atomic E-state index is 14.7. The number of piperazine rings is 1. The maximum absolute atomic E-state index is 14.7. The van der Waals surface area contributed by atoms with E-state index in [4.69, 9.17) is 4.74 Å². The second-order valence-electron chi connectivity index (χ2n) is 8.31. The van der Waals surface area contributed by atoms with Crippen molar-refractivity contribution in [3.05, 3.63) is 81.0 Å². The molecule has 34 heavy (non-hydrogen) atoms. The summed E-state index contributed by atoms with van der Waals surface area (Å²) in [4.78, 5) is 34.5. The van der Waals surface area contributed by atoms with E-state index in [-0.39, 0.29) is 18.0 Å². The molecule has 3 aromatic heterocycles. The first-order chi connectivity index (χ1) is 16.5. The third kappa shape index (κ3) is 4.46. The number of hydrogen-bond acceptors (Lipinski definition) is 7. The Morgan fingerprint density at radius 1 is 1.09 bits per heavy atom. The summed E-state index contributed by atoms with van der Waals surface area (Å²) >= 11 is 1.29. The van der Waals surface area contributed by atoms with E-state index in [1.165, 1.54) is 21.8 Å². The van der Waals surface area contributed by atoms with Gasteiger partial charge in [-0.05, 0) is 31.2 Å². The van der Waals surface area contributed by atoms with Crippen molar-refractivity contribution in [1.82, 2.24) is 19.2 Å². The van der Waals surface area contributed by atoms with Gasteiger partial charge in [-0.2, -0.15) is 0 Å². The second-order valence-corrected chi connectivity index (χ2v) is 9.36. The molecule has 0 amide bonds. The number of hydrogen-bond donors (Lipinski definition) is 0. The van der Waals surface area contributed by atoms with E-state index in [0.29, 0.717) is 34.6 Å². The van der Waals surface area contributed by atoms with Gasteiger partial charge in [-0.15, -0.1) is 11.3 Å². The summed E-state index contributed by atoms with van der Waals surface area (Å²) in [6.45, 7) is 6.23. The molecule has 1 aliphatic rings. The van der Waals surface area contributed by atoms with Crippen molar-refractivity contribution < 1.29 is 13.9 Å². The maximum Gasteiger partial charge on any atom is 0.348 e. The highest BCUT2D eigenvalue weighted by molar-refractivity contribution is 7.21. The Kier molecular flexibility index (Phi) is 6.40. The number of fused-ring (bicyclic) bond motifs is 2. The molecule has 5 rings (SSSR count). The van der Waals surface area contributed by atoms with E-state index in [2.05, 4.69) is 14.8 Å². The van der Waals surface area contributed by atoms with Crippen LogP contribution in [0.4, 0.5) is 4.39 Å². The van der Waals surface area contributed by atoms with E-state index in [1.54, 1.807) is 25.3 Å². The summed E-state index contributed by atoms with van der Waals surface area (Å²) in [6, 6.07) is 12.0. The van der Waals surface area contributed by atoms with E-state index in [0.717, 1.165) is 36.6 Å². The first-order valence-corrected chi connectivity index (χ1v) is 12.1. The average molecular weight is 481 g/mol. The van der Waals surface area contributed by atoms with Crippen LogP contribution in [0, 0.1) is 5.82 Å². The van der Waals surface area contributed by atoms with Gasteiger partial charge in [0.05, 0.1) is 12.3 Å². The van der Waals surface area contributed by atoms with Gasteiger partial charge in [0.25, 0.3) is 5.56 Å².